The molecule has 22 heavy (non-hydrogen) atoms. The Bertz CT molecular complexity index is 660. The van der Waals surface area contributed by atoms with Gasteiger partial charge in [0, 0.05) is 21.8 Å². The van der Waals surface area contributed by atoms with E-state index in [0.29, 0.717) is 16.9 Å². The maximum Gasteiger partial charge on any atom is 0.309 e. The molecule has 1 N–H and O–H groups in total. The van der Waals surface area contributed by atoms with Crippen LogP contribution in [0.1, 0.15) is 29.8 Å². The van der Waals surface area contributed by atoms with E-state index in [2.05, 4.69) is 0 Å². The van der Waals surface area contributed by atoms with E-state index in [4.69, 9.17) is 5.11 Å². The summed E-state index contributed by atoms with van der Waals surface area (Å²) in [7, 11) is 0. The highest BCUT2D eigenvalue weighted by Gasteiger charge is 2.27. The van der Waals surface area contributed by atoms with Crippen molar-refractivity contribution in [2.75, 3.05) is 5.75 Å². The molecule has 2 rings (SSSR count). The van der Waals surface area contributed by atoms with Gasteiger partial charge in [-0.1, -0.05) is 30.3 Å². The summed E-state index contributed by atoms with van der Waals surface area (Å²) in [5.74, 6) is -0.340. The first kappa shape index (κ1) is 16.3. The summed E-state index contributed by atoms with van der Waals surface area (Å²) in [5, 5.41) is 9.10. The van der Waals surface area contributed by atoms with E-state index in [1.54, 1.807) is 38.1 Å². The molecule has 0 heterocycles. The predicted molar refractivity (Wildman–Crippen MR) is 88.5 cm³/mol. The zero-order valence-electron chi connectivity index (χ0n) is 12.6. The summed E-state index contributed by atoms with van der Waals surface area (Å²) in [5.41, 5.74) is 0.520. The van der Waals surface area contributed by atoms with E-state index >= 15 is 0 Å². The second-order valence-corrected chi connectivity index (χ2v) is 6.75. The molecule has 114 valence electrons. The molecule has 0 aromatic heterocycles. The molecule has 0 spiro atoms. The topological polar surface area (TPSA) is 54.4 Å². The van der Waals surface area contributed by atoms with Crippen LogP contribution in [0.25, 0.3) is 0 Å². The highest BCUT2D eigenvalue weighted by atomic mass is 32.2. The number of benzene rings is 2. The molecule has 0 aliphatic carbocycles. The van der Waals surface area contributed by atoms with Gasteiger partial charge in [-0.15, -0.1) is 11.8 Å². The molecule has 4 heteroatoms. The first-order chi connectivity index (χ1) is 10.4. The number of hydrogen-bond donors (Lipinski definition) is 1. The summed E-state index contributed by atoms with van der Waals surface area (Å²) >= 11 is 1.48. The molecule has 0 fully saturated rings. The summed E-state index contributed by atoms with van der Waals surface area (Å²) < 4.78 is 0. The van der Waals surface area contributed by atoms with Crippen molar-refractivity contribution in [1.29, 1.82) is 0 Å². The fourth-order valence-corrected chi connectivity index (χ4v) is 2.76. The zero-order valence-corrected chi connectivity index (χ0v) is 13.4. The molecule has 2 aromatic carbocycles. The Morgan fingerprint density at radius 1 is 0.955 bits per heavy atom. The first-order valence-corrected chi connectivity index (χ1v) is 7.95. The number of carbonyl (C=O) groups excluding carboxylic acids is 1. The van der Waals surface area contributed by atoms with Crippen LogP contribution in [0, 0.1) is 5.41 Å². The Morgan fingerprint density at radius 3 is 2.05 bits per heavy atom. The molecule has 0 radical (unpaired) electrons. The normalized spacial score (nSPS) is 11.2. The van der Waals surface area contributed by atoms with Crippen LogP contribution in [0.2, 0.25) is 0 Å². The van der Waals surface area contributed by atoms with Crippen LogP contribution in [0.4, 0.5) is 0 Å². The van der Waals surface area contributed by atoms with Gasteiger partial charge in [-0.25, -0.2) is 0 Å². The van der Waals surface area contributed by atoms with Gasteiger partial charge in [0.25, 0.3) is 0 Å². The molecule has 0 saturated heterocycles. The predicted octanol–water partition coefficient (Wildman–Crippen LogP) is 4.12. The van der Waals surface area contributed by atoms with E-state index in [1.165, 1.54) is 11.8 Å². The molecular formula is C18H18O3S. The average molecular weight is 314 g/mol. The third kappa shape index (κ3) is 3.98. The van der Waals surface area contributed by atoms with Crippen LogP contribution in [0.3, 0.4) is 0 Å². The monoisotopic (exact) mass is 314 g/mol. The lowest BCUT2D eigenvalue weighted by atomic mass is 9.97. The van der Waals surface area contributed by atoms with Gasteiger partial charge in [0.2, 0.25) is 0 Å². The Hall–Kier alpha value is -2.07. The van der Waals surface area contributed by atoms with Gasteiger partial charge in [-0.05, 0) is 38.1 Å². The van der Waals surface area contributed by atoms with Crippen LogP contribution in [0.5, 0.6) is 0 Å². The lowest BCUT2D eigenvalue weighted by Gasteiger charge is -2.18. The van der Waals surface area contributed by atoms with Gasteiger partial charge in [0.05, 0.1) is 5.41 Å². The van der Waals surface area contributed by atoms with Crippen molar-refractivity contribution in [3.05, 3.63) is 65.7 Å². The molecule has 2 aromatic rings. The number of ketones is 1. The van der Waals surface area contributed by atoms with E-state index in [9.17, 15) is 9.59 Å². The largest absolute Gasteiger partial charge is 0.481 e. The number of rotatable bonds is 6. The van der Waals surface area contributed by atoms with E-state index in [1.807, 2.05) is 30.3 Å². The second kappa shape index (κ2) is 6.79. The molecule has 0 aliphatic rings. The highest BCUT2D eigenvalue weighted by molar-refractivity contribution is 7.99. The minimum absolute atomic E-state index is 0.0111. The smallest absolute Gasteiger partial charge is 0.309 e. The number of carboxylic acids is 1. The number of carbonyl (C=O) groups is 2. The third-order valence-electron chi connectivity index (χ3n) is 3.33. The molecule has 0 atom stereocenters. The maximum atomic E-state index is 12.3. The van der Waals surface area contributed by atoms with Gasteiger partial charge in [0.1, 0.15) is 0 Å². The minimum atomic E-state index is -0.809. The van der Waals surface area contributed by atoms with Crippen LogP contribution in [-0.2, 0) is 4.79 Å². The van der Waals surface area contributed by atoms with E-state index < -0.39 is 11.4 Å². The van der Waals surface area contributed by atoms with Crippen molar-refractivity contribution >= 4 is 23.5 Å². The van der Waals surface area contributed by atoms with Gasteiger partial charge >= 0.3 is 5.97 Å². The van der Waals surface area contributed by atoms with Crippen molar-refractivity contribution < 1.29 is 14.7 Å². The van der Waals surface area contributed by atoms with Crippen molar-refractivity contribution in [2.24, 2.45) is 5.41 Å². The van der Waals surface area contributed by atoms with Crippen molar-refractivity contribution in [2.45, 2.75) is 18.7 Å². The van der Waals surface area contributed by atoms with Crippen LogP contribution in [-0.4, -0.2) is 22.6 Å². The second-order valence-electron chi connectivity index (χ2n) is 5.70. The molecule has 0 aliphatic heterocycles. The lowest BCUT2D eigenvalue weighted by molar-refractivity contribution is -0.145. The molecule has 0 unspecified atom stereocenters. The Labute approximate surface area is 134 Å². The van der Waals surface area contributed by atoms with Crippen LogP contribution < -0.4 is 0 Å². The van der Waals surface area contributed by atoms with Crippen LogP contribution in [0.15, 0.2) is 59.5 Å². The number of aliphatic carboxylic acids is 1. The molecule has 0 saturated carbocycles. The van der Waals surface area contributed by atoms with Crippen molar-refractivity contribution in [3.8, 4) is 0 Å². The SMILES string of the molecule is CC(C)(CSc1ccc(C(=O)c2ccccc2)cc1)C(=O)O. The van der Waals surface area contributed by atoms with E-state index in [0.717, 1.165) is 4.90 Å². The van der Waals surface area contributed by atoms with Crippen LogP contribution >= 0.6 is 11.8 Å². The number of hydrogen-bond acceptors (Lipinski definition) is 3. The molecule has 0 bridgehead atoms. The zero-order chi connectivity index (χ0) is 16.2. The van der Waals surface area contributed by atoms with Crippen molar-refractivity contribution in [1.82, 2.24) is 0 Å². The molecule has 0 amide bonds. The summed E-state index contributed by atoms with van der Waals surface area (Å²) in [6, 6.07) is 16.4. The first-order valence-electron chi connectivity index (χ1n) is 6.96. The highest BCUT2D eigenvalue weighted by Crippen LogP contribution is 2.28. The fraction of sp³-hybridized carbons (Fsp3) is 0.222. The summed E-state index contributed by atoms with van der Waals surface area (Å²) in [4.78, 5) is 24.3. The summed E-state index contributed by atoms with van der Waals surface area (Å²) in [6.07, 6.45) is 0. The van der Waals surface area contributed by atoms with Gasteiger partial charge in [-0.2, -0.15) is 0 Å². The van der Waals surface area contributed by atoms with Gasteiger partial charge < -0.3 is 5.11 Å². The molecular weight excluding hydrogens is 296 g/mol. The summed E-state index contributed by atoms with van der Waals surface area (Å²) in [6.45, 7) is 3.41. The average Bonchev–Trinajstić information content (AvgIpc) is 2.53. The van der Waals surface area contributed by atoms with Gasteiger partial charge in [-0.3, -0.25) is 9.59 Å². The standard InChI is InChI=1S/C18H18O3S/c1-18(2,17(20)21)12-22-15-10-8-14(9-11-15)16(19)13-6-4-3-5-7-13/h3-11H,12H2,1-2H3,(H,20,21). The van der Waals surface area contributed by atoms with Crippen molar-refractivity contribution in [3.63, 3.8) is 0 Å². The number of carboxylic acid groups (broad SMARTS) is 1. The Balaban J connectivity index is 2.05. The Kier molecular flexibility index (Phi) is 5.03. The van der Waals surface area contributed by atoms with Gasteiger partial charge in [0.15, 0.2) is 5.78 Å². The quantitative estimate of drug-likeness (QED) is 0.643. The Morgan fingerprint density at radius 2 is 1.50 bits per heavy atom. The molecule has 3 nitrogen and oxygen atoms in total. The third-order valence-corrected chi connectivity index (χ3v) is 4.80. The maximum absolute atomic E-state index is 12.3. The fourth-order valence-electron chi connectivity index (χ4n) is 1.78. The minimum Gasteiger partial charge on any atom is -0.481 e. The lowest BCUT2D eigenvalue weighted by Crippen LogP contribution is -2.26. The number of thioether (sulfide) groups is 1. The van der Waals surface area contributed by atoms with E-state index in [-0.39, 0.29) is 5.78 Å².